The van der Waals surface area contributed by atoms with Crippen LogP contribution in [0.3, 0.4) is 0 Å². The average molecular weight is 430 g/mol. The Bertz CT molecular complexity index is 929. The smallest absolute Gasteiger partial charge is 0.262 e. The third kappa shape index (κ3) is 5.21. The summed E-state index contributed by atoms with van der Waals surface area (Å²) in [6.07, 6.45) is 0. The summed E-state index contributed by atoms with van der Waals surface area (Å²) in [4.78, 5) is 12.2. The number of rotatable bonds is 8. The standard InChI is InChI=1S/C21H20BrNO4/c1-25-11-12-26-17-7-4-6-16(13-17)23-20(24)14-27-19-10-9-15-5-2-3-8-18(15)21(19)22/h2-10,13H,11-12,14H2,1H3,(H,23,24). The first-order valence-electron chi connectivity index (χ1n) is 8.49. The van der Waals surface area contributed by atoms with Crippen molar-refractivity contribution in [2.45, 2.75) is 0 Å². The van der Waals surface area contributed by atoms with E-state index in [0.717, 1.165) is 15.2 Å². The number of hydrogen-bond donors (Lipinski definition) is 1. The predicted molar refractivity (Wildman–Crippen MR) is 110 cm³/mol. The monoisotopic (exact) mass is 429 g/mol. The molecule has 1 N–H and O–H groups in total. The molecule has 0 saturated heterocycles. The molecule has 3 rings (SSSR count). The third-order valence-electron chi connectivity index (χ3n) is 3.86. The van der Waals surface area contributed by atoms with Gasteiger partial charge in [0.15, 0.2) is 6.61 Å². The highest BCUT2D eigenvalue weighted by Crippen LogP contribution is 2.33. The zero-order valence-electron chi connectivity index (χ0n) is 14.9. The van der Waals surface area contributed by atoms with Gasteiger partial charge in [0.05, 0.1) is 11.1 Å². The molecule has 6 heteroatoms. The van der Waals surface area contributed by atoms with Crippen molar-refractivity contribution >= 4 is 38.3 Å². The maximum absolute atomic E-state index is 12.2. The largest absolute Gasteiger partial charge is 0.491 e. The van der Waals surface area contributed by atoms with Crippen LogP contribution < -0.4 is 14.8 Å². The highest BCUT2D eigenvalue weighted by atomic mass is 79.9. The second-order valence-corrected chi connectivity index (χ2v) is 6.60. The van der Waals surface area contributed by atoms with E-state index in [0.29, 0.717) is 30.4 Å². The van der Waals surface area contributed by atoms with Crippen LogP contribution in [0, 0.1) is 0 Å². The van der Waals surface area contributed by atoms with Gasteiger partial charge in [-0.1, -0.05) is 36.4 Å². The van der Waals surface area contributed by atoms with Crippen LogP contribution in [-0.4, -0.2) is 32.8 Å². The molecule has 0 aliphatic heterocycles. The van der Waals surface area contributed by atoms with Crippen molar-refractivity contribution in [3.63, 3.8) is 0 Å². The Kier molecular flexibility index (Phi) is 6.68. The van der Waals surface area contributed by atoms with Crippen molar-refractivity contribution in [2.24, 2.45) is 0 Å². The average Bonchev–Trinajstić information content (AvgIpc) is 2.68. The molecule has 5 nitrogen and oxygen atoms in total. The summed E-state index contributed by atoms with van der Waals surface area (Å²) in [5, 5.41) is 4.95. The van der Waals surface area contributed by atoms with Crippen LogP contribution in [0.5, 0.6) is 11.5 Å². The van der Waals surface area contributed by atoms with Crippen molar-refractivity contribution < 1.29 is 19.0 Å². The van der Waals surface area contributed by atoms with Crippen molar-refractivity contribution in [1.82, 2.24) is 0 Å². The minimum atomic E-state index is -0.246. The number of fused-ring (bicyclic) bond motifs is 1. The molecular weight excluding hydrogens is 410 g/mol. The van der Waals surface area contributed by atoms with Crippen molar-refractivity contribution in [3.05, 3.63) is 65.1 Å². The molecule has 140 valence electrons. The van der Waals surface area contributed by atoms with Crippen LogP contribution in [0.4, 0.5) is 5.69 Å². The van der Waals surface area contributed by atoms with Gasteiger partial charge in [-0.2, -0.15) is 0 Å². The molecule has 0 aliphatic rings. The van der Waals surface area contributed by atoms with Crippen molar-refractivity contribution in [3.8, 4) is 11.5 Å². The van der Waals surface area contributed by atoms with Gasteiger partial charge in [0.1, 0.15) is 18.1 Å². The lowest BCUT2D eigenvalue weighted by molar-refractivity contribution is -0.118. The number of anilines is 1. The fourth-order valence-electron chi connectivity index (χ4n) is 2.57. The number of methoxy groups -OCH3 is 1. The van der Waals surface area contributed by atoms with E-state index >= 15 is 0 Å². The fraction of sp³-hybridized carbons (Fsp3) is 0.190. The lowest BCUT2D eigenvalue weighted by Crippen LogP contribution is -2.20. The van der Waals surface area contributed by atoms with E-state index in [2.05, 4.69) is 21.2 Å². The first kappa shape index (κ1) is 19.2. The maximum Gasteiger partial charge on any atom is 0.262 e. The van der Waals surface area contributed by atoms with Crippen molar-refractivity contribution in [1.29, 1.82) is 0 Å². The molecule has 0 spiro atoms. The molecule has 0 saturated carbocycles. The quantitative estimate of drug-likeness (QED) is 0.529. The Balaban J connectivity index is 1.58. The van der Waals surface area contributed by atoms with E-state index in [1.54, 1.807) is 19.2 Å². The second-order valence-electron chi connectivity index (χ2n) is 5.80. The summed E-state index contributed by atoms with van der Waals surface area (Å²) in [7, 11) is 1.62. The number of nitrogens with one attached hydrogen (secondary N) is 1. The van der Waals surface area contributed by atoms with Gasteiger partial charge in [0.25, 0.3) is 5.91 Å². The third-order valence-corrected chi connectivity index (χ3v) is 4.68. The van der Waals surface area contributed by atoms with Gasteiger partial charge in [-0.15, -0.1) is 0 Å². The Labute approximate surface area is 166 Å². The summed E-state index contributed by atoms with van der Waals surface area (Å²) in [5.74, 6) is 1.05. The number of halogens is 1. The first-order chi connectivity index (χ1) is 13.2. The number of amides is 1. The molecule has 0 radical (unpaired) electrons. The number of ether oxygens (including phenoxy) is 3. The predicted octanol–water partition coefficient (Wildman–Crippen LogP) is 4.65. The number of carbonyl (C=O) groups is 1. The molecule has 0 aromatic heterocycles. The van der Waals surface area contributed by atoms with Gasteiger partial charge in [-0.3, -0.25) is 4.79 Å². The van der Waals surface area contributed by atoms with Gasteiger partial charge in [-0.25, -0.2) is 0 Å². The highest BCUT2D eigenvalue weighted by molar-refractivity contribution is 9.10. The zero-order chi connectivity index (χ0) is 19.1. The molecule has 0 bridgehead atoms. The van der Waals surface area contributed by atoms with Crippen LogP contribution in [0.1, 0.15) is 0 Å². The van der Waals surface area contributed by atoms with Crippen LogP contribution in [0.25, 0.3) is 10.8 Å². The maximum atomic E-state index is 12.2. The molecule has 3 aromatic rings. The van der Waals surface area contributed by atoms with Gasteiger partial charge < -0.3 is 19.5 Å². The molecule has 1 amide bonds. The molecule has 3 aromatic carbocycles. The molecule has 0 fully saturated rings. The minimum absolute atomic E-state index is 0.0916. The van der Waals surface area contributed by atoms with Gasteiger partial charge in [-0.05, 0) is 44.9 Å². The SMILES string of the molecule is COCCOc1cccc(NC(=O)COc2ccc3ccccc3c2Br)c1. The number of hydrogen-bond acceptors (Lipinski definition) is 4. The van der Waals surface area contributed by atoms with E-state index in [1.165, 1.54) is 0 Å². The molecule has 0 heterocycles. The van der Waals surface area contributed by atoms with Gasteiger partial charge >= 0.3 is 0 Å². The molecule has 27 heavy (non-hydrogen) atoms. The zero-order valence-corrected chi connectivity index (χ0v) is 16.5. The molecular formula is C21H20BrNO4. The Hall–Kier alpha value is -2.57. The Morgan fingerprint density at radius 2 is 1.85 bits per heavy atom. The molecule has 0 aliphatic carbocycles. The minimum Gasteiger partial charge on any atom is -0.491 e. The van der Waals surface area contributed by atoms with E-state index in [-0.39, 0.29) is 12.5 Å². The second kappa shape index (κ2) is 9.39. The number of benzene rings is 3. The summed E-state index contributed by atoms with van der Waals surface area (Å²) in [6.45, 7) is 0.865. The molecule has 0 unspecified atom stereocenters. The van der Waals surface area contributed by atoms with E-state index < -0.39 is 0 Å². The van der Waals surface area contributed by atoms with Crippen molar-refractivity contribution in [2.75, 3.05) is 32.2 Å². The van der Waals surface area contributed by atoms with Crippen LogP contribution in [0.15, 0.2) is 65.1 Å². The van der Waals surface area contributed by atoms with E-state index in [9.17, 15) is 4.79 Å². The number of carbonyl (C=O) groups excluding carboxylic acids is 1. The van der Waals surface area contributed by atoms with E-state index in [4.69, 9.17) is 14.2 Å². The fourth-order valence-corrected chi connectivity index (χ4v) is 3.18. The van der Waals surface area contributed by atoms with Gasteiger partial charge in [0, 0.05) is 18.9 Å². The van der Waals surface area contributed by atoms with Crippen LogP contribution >= 0.6 is 15.9 Å². The molecule has 0 atom stereocenters. The van der Waals surface area contributed by atoms with Gasteiger partial charge in [0.2, 0.25) is 0 Å². The Morgan fingerprint density at radius 3 is 2.70 bits per heavy atom. The summed E-state index contributed by atoms with van der Waals surface area (Å²) < 4.78 is 17.0. The highest BCUT2D eigenvalue weighted by Gasteiger charge is 2.09. The lowest BCUT2D eigenvalue weighted by atomic mass is 10.1. The topological polar surface area (TPSA) is 56.8 Å². The summed E-state index contributed by atoms with van der Waals surface area (Å²) in [6, 6.07) is 19.0. The Morgan fingerprint density at radius 1 is 1.00 bits per heavy atom. The normalized spacial score (nSPS) is 10.6. The lowest BCUT2D eigenvalue weighted by Gasteiger charge is -2.11. The first-order valence-corrected chi connectivity index (χ1v) is 9.28. The summed E-state index contributed by atoms with van der Waals surface area (Å²) >= 11 is 3.55. The van der Waals surface area contributed by atoms with E-state index in [1.807, 2.05) is 48.5 Å². The van der Waals surface area contributed by atoms with Crippen LogP contribution in [0.2, 0.25) is 0 Å². The van der Waals surface area contributed by atoms with Crippen LogP contribution in [-0.2, 0) is 9.53 Å². The summed E-state index contributed by atoms with van der Waals surface area (Å²) in [5.41, 5.74) is 0.649.